The Labute approximate surface area is 205 Å². The van der Waals surface area contributed by atoms with Gasteiger partial charge in [-0.15, -0.1) is 0 Å². The number of nitrogens with two attached hydrogens (primary N) is 1. The Morgan fingerprint density at radius 2 is 1.60 bits per heavy atom. The number of aryl methyl sites for hydroxylation is 1. The molecule has 8 nitrogen and oxygen atoms in total. The minimum absolute atomic E-state index is 0.0126. The number of benzene rings is 3. The number of anilines is 1. The minimum Gasteiger partial charge on any atom is -0.491 e. The zero-order valence-electron chi connectivity index (χ0n) is 19.8. The fourth-order valence-corrected chi connectivity index (χ4v) is 3.77. The molecule has 3 aromatic rings. The highest BCUT2D eigenvalue weighted by molar-refractivity contribution is 7.46. The summed E-state index contributed by atoms with van der Waals surface area (Å²) in [6.45, 7) is 2.71. The Morgan fingerprint density at radius 3 is 2.20 bits per heavy atom. The Bertz CT molecular complexity index is 1140. The number of carbonyl (C=O) groups is 1. The van der Waals surface area contributed by atoms with Gasteiger partial charge >= 0.3 is 7.82 Å². The van der Waals surface area contributed by atoms with Gasteiger partial charge in [0.2, 0.25) is 5.91 Å². The van der Waals surface area contributed by atoms with Crippen LogP contribution in [0.2, 0.25) is 0 Å². The molecule has 0 bridgehead atoms. The van der Waals surface area contributed by atoms with Crippen LogP contribution >= 0.6 is 7.82 Å². The van der Waals surface area contributed by atoms with Crippen molar-refractivity contribution in [1.82, 2.24) is 0 Å². The van der Waals surface area contributed by atoms with Crippen molar-refractivity contribution in [3.63, 3.8) is 0 Å². The van der Waals surface area contributed by atoms with Gasteiger partial charge in [0.1, 0.15) is 11.3 Å². The molecular weight excluding hydrogens is 467 g/mol. The van der Waals surface area contributed by atoms with Crippen molar-refractivity contribution in [3.05, 3.63) is 84.4 Å². The normalized spacial score (nSPS) is 14.1. The fraction of sp³-hybridized carbons (Fsp3) is 0.269. The molecule has 0 spiro atoms. The van der Waals surface area contributed by atoms with Gasteiger partial charge in [-0.1, -0.05) is 54.6 Å². The van der Waals surface area contributed by atoms with Gasteiger partial charge in [0.25, 0.3) is 0 Å². The maximum Gasteiger partial charge on any atom is 0.469 e. The number of rotatable bonds is 11. The summed E-state index contributed by atoms with van der Waals surface area (Å²) in [5.74, 6) is 0.0292. The standard InChI is InChI=1S/C26H31N2O6P/c1-19(8-9-20-10-12-22(13-11-20)21-6-4-3-5-7-21)34-24-16-14-23(15-17-24)28-25(29)26(2,27)18-33-35(30,31)32/h3-7,10-17,19H,8-9,18,27H2,1-2H3,(H,28,29)(H2,30,31,32)/t19-,26?/m0/s1. The molecule has 186 valence electrons. The predicted molar refractivity (Wildman–Crippen MR) is 136 cm³/mol. The van der Waals surface area contributed by atoms with Crippen LogP contribution in [0.1, 0.15) is 25.8 Å². The van der Waals surface area contributed by atoms with Crippen LogP contribution in [0.15, 0.2) is 78.9 Å². The van der Waals surface area contributed by atoms with Crippen molar-refractivity contribution in [2.75, 3.05) is 11.9 Å². The lowest BCUT2D eigenvalue weighted by Gasteiger charge is -2.23. The van der Waals surface area contributed by atoms with Crippen LogP contribution in [-0.4, -0.2) is 33.9 Å². The predicted octanol–water partition coefficient (Wildman–Crippen LogP) is 4.52. The van der Waals surface area contributed by atoms with Crippen LogP contribution in [0.25, 0.3) is 11.1 Å². The van der Waals surface area contributed by atoms with E-state index in [1.807, 2.05) is 25.1 Å². The van der Waals surface area contributed by atoms with Crippen molar-refractivity contribution >= 4 is 19.4 Å². The molecule has 0 fully saturated rings. The van der Waals surface area contributed by atoms with E-state index in [4.69, 9.17) is 20.3 Å². The zero-order valence-corrected chi connectivity index (χ0v) is 20.7. The number of hydrogen-bond acceptors (Lipinski definition) is 5. The second kappa shape index (κ2) is 11.6. The maximum atomic E-state index is 12.3. The number of hydrogen-bond donors (Lipinski definition) is 4. The molecule has 1 unspecified atom stereocenters. The van der Waals surface area contributed by atoms with E-state index in [1.165, 1.54) is 23.6 Å². The molecule has 5 N–H and O–H groups in total. The molecule has 0 heterocycles. The Kier molecular flexibility index (Phi) is 8.83. The lowest BCUT2D eigenvalue weighted by Crippen LogP contribution is -2.52. The zero-order chi connectivity index (χ0) is 25.5. The van der Waals surface area contributed by atoms with Gasteiger partial charge in [-0.25, -0.2) is 4.57 Å². The maximum absolute atomic E-state index is 12.3. The quantitative estimate of drug-likeness (QED) is 0.286. The highest BCUT2D eigenvalue weighted by Crippen LogP contribution is 2.36. The molecule has 0 saturated heterocycles. The average Bonchev–Trinajstić information content (AvgIpc) is 2.83. The van der Waals surface area contributed by atoms with Crippen molar-refractivity contribution in [1.29, 1.82) is 0 Å². The first-order valence-electron chi connectivity index (χ1n) is 11.2. The van der Waals surface area contributed by atoms with E-state index in [1.54, 1.807) is 24.3 Å². The second-order valence-corrected chi connectivity index (χ2v) is 9.93. The molecular formula is C26H31N2O6P. The topological polar surface area (TPSA) is 131 Å². The van der Waals surface area contributed by atoms with Crippen LogP contribution in [0.4, 0.5) is 5.69 Å². The van der Waals surface area contributed by atoms with E-state index >= 15 is 0 Å². The third kappa shape index (κ3) is 8.62. The number of phosphoric ester groups is 1. The first-order chi connectivity index (χ1) is 16.5. The van der Waals surface area contributed by atoms with Gasteiger partial charge in [-0.05, 0) is 67.6 Å². The molecule has 0 aliphatic rings. The molecule has 0 aliphatic heterocycles. The van der Waals surface area contributed by atoms with E-state index in [2.05, 4.69) is 46.2 Å². The molecule has 0 aliphatic carbocycles. The minimum atomic E-state index is -4.72. The van der Waals surface area contributed by atoms with E-state index < -0.39 is 25.9 Å². The number of nitrogens with one attached hydrogen (secondary N) is 1. The average molecular weight is 499 g/mol. The van der Waals surface area contributed by atoms with Crippen LogP contribution in [0.3, 0.4) is 0 Å². The molecule has 35 heavy (non-hydrogen) atoms. The second-order valence-electron chi connectivity index (χ2n) is 8.69. The monoisotopic (exact) mass is 498 g/mol. The van der Waals surface area contributed by atoms with Crippen molar-refractivity contribution < 1.29 is 28.4 Å². The largest absolute Gasteiger partial charge is 0.491 e. The van der Waals surface area contributed by atoms with Crippen LogP contribution in [0, 0.1) is 0 Å². The van der Waals surface area contributed by atoms with Gasteiger partial charge < -0.3 is 25.6 Å². The molecule has 0 radical (unpaired) electrons. The number of amides is 1. The molecule has 0 aromatic heterocycles. The third-order valence-electron chi connectivity index (χ3n) is 5.40. The lowest BCUT2D eigenvalue weighted by atomic mass is 10.0. The number of phosphoric acid groups is 1. The summed E-state index contributed by atoms with van der Waals surface area (Å²) in [6, 6.07) is 25.6. The van der Waals surface area contributed by atoms with Gasteiger partial charge in [0, 0.05) is 5.69 Å². The summed E-state index contributed by atoms with van der Waals surface area (Å²) in [4.78, 5) is 29.9. The summed E-state index contributed by atoms with van der Waals surface area (Å²) in [5, 5.41) is 2.61. The highest BCUT2D eigenvalue weighted by Gasteiger charge is 2.32. The summed E-state index contributed by atoms with van der Waals surface area (Å²) < 4.78 is 21.2. The van der Waals surface area contributed by atoms with E-state index in [9.17, 15) is 9.36 Å². The summed E-state index contributed by atoms with van der Waals surface area (Å²) >= 11 is 0. The SMILES string of the molecule is C[C@@H](CCc1ccc(-c2ccccc2)cc1)Oc1ccc(NC(=O)C(C)(N)COP(=O)(O)O)cc1. The van der Waals surface area contributed by atoms with Crippen LogP contribution in [0.5, 0.6) is 5.75 Å². The van der Waals surface area contributed by atoms with E-state index in [0.29, 0.717) is 11.4 Å². The number of ether oxygens (including phenoxy) is 1. The summed E-state index contributed by atoms with van der Waals surface area (Å²) in [5.41, 5.74) is 8.30. The first-order valence-corrected chi connectivity index (χ1v) is 12.8. The third-order valence-corrected chi connectivity index (χ3v) is 5.87. The highest BCUT2D eigenvalue weighted by atomic mass is 31.2. The van der Waals surface area contributed by atoms with Crippen LogP contribution in [-0.2, 0) is 20.3 Å². The molecule has 3 rings (SSSR count). The lowest BCUT2D eigenvalue weighted by molar-refractivity contribution is -0.121. The van der Waals surface area contributed by atoms with Gasteiger partial charge in [-0.3, -0.25) is 9.32 Å². The first kappa shape index (κ1) is 26.6. The van der Waals surface area contributed by atoms with Crippen molar-refractivity contribution in [3.8, 4) is 16.9 Å². The molecule has 3 aromatic carbocycles. The molecule has 1 amide bonds. The Hall–Kier alpha value is -3.00. The van der Waals surface area contributed by atoms with E-state index in [0.717, 1.165) is 12.8 Å². The summed E-state index contributed by atoms with van der Waals surface area (Å²) in [7, 11) is -4.72. The van der Waals surface area contributed by atoms with Gasteiger partial charge in [-0.2, -0.15) is 0 Å². The van der Waals surface area contributed by atoms with Gasteiger partial charge in [0.05, 0.1) is 12.7 Å². The van der Waals surface area contributed by atoms with Crippen molar-refractivity contribution in [2.45, 2.75) is 38.3 Å². The molecule has 0 saturated carbocycles. The number of carbonyl (C=O) groups excluding carboxylic acids is 1. The van der Waals surface area contributed by atoms with Crippen molar-refractivity contribution in [2.24, 2.45) is 5.73 Å². The molecule has 9 heteroatoms. The Morgan fingerprint density at radius 1 is 1.00 bits per heavy atom. The van der Waals surface area contributed by atoms with Crippen LogP contribution < -0.4 is 15.8 Å². The van der Waals surface area contributed by atoms with E-state index in [-0.39, 0.29) is 6.10 Å². The fourth-order valence-electron chi connectivity index (χ4n) is 3.33. The molecule has 2 atom stereocenters. The Balaban J connectivity index is 1.47. The summed E-state index contributed by atoms with van der Waals surface area (Å²) in [6.07, 6.45) is 1.71. The van der Waals surface area contributed by atoms with Gasteiger partial charge in [0.15, 0.2) is 0 Å². The smallest absolute Gasteiger partial charge is 0.469 e.